The van der Waals surface area contributed by atoms with E-state index in [1.807, 2.05) is 6.92 Å². The predicted octanol–water partition coefficient (Wildman–Crippen LogP) is -1.11. The lowest BCUT2D eigenvalue weighted by atomic mass is 10.4. The van der Waals surface area contributed by atoms with Gasteiger partial charge in [0.05, 0.1) is 31.9 Å². The summed E-state index contributed by atoms with van der Waals surface area (Å²) in [6.07, 6.45) is 1.85. The topological polar surface area (TPSA) is 95.1 Å². The van der Waals surface area contributed by atoms with Crippen LogP contribution in [0.1, 0.15) is 12.6 Å². The molecule has 1 aromatic rings. The number of nitrogens with one attached hydrogen (secondary N) is 1. The normalized spacial score (nSPS) is 12.4. The summed E-state index contributed by atoms with van der Waals surface area (Å²) in [6.45, 7) is 2.90. The van der Waals surface area contributed by atoms with Gasteiger partial charge in [0.25, 0.3) is 0 Å². The smallest absolute Gasteiger partial charge is 0.234 e. The molecule has 0 fully saturated rings. The number of amides is 1. The molecule has 3 N–H and O–H groups in total. The number of nitrogens with zero attached hydrogens (tertiary/aromatic N) is 3. The molecule has 0 radical (unpaired) electrons. The van der Waals surface area contributed by atoms with Crippen molar-refractivity contribution in [3.63, 3.8) is 0 Å². The Morgan fingerprint density at radius 2 is 2.50 bits per heavy atom. The van der Waals surface area contributed by atoms with Crippen molar-refractivity contribution in [2.75, 3.05) is 13.7 Å². The lowest BCUT2D eigenvalue weighted by molar-refractivity contribution is -0.119. The standard InChI is InChI=1S/C9H17N5O2/c1-7(16-2)5-14-6-8(12-13-14)4-11-9(15)3-10/h6-7H,3-5,10H2,1-2H3,(H,11,15). The summed E-state index contributed by atoms with van der Waals surface area (Å²) in [6, 6.07) is 0. The van der Waals surface area contributed by atoms with E-state index in [9.17, 15) is 4.79 Å². The summed E-state index contributed by atoms with van der Waals surface area (Å²) in [5.41, 5.74) is 5.85. The maximum Gasteiger partial charge on any atom is 0.234 e. The van der Waals surface area contributed by atoms with Gasteiger partial charge in [-0.3, -0.25) is 4.79 Å². The molecule has 0 aromatic carbocycles. The molecule has 0 aliphatic heterocycles. The zero-order valence-electron chi connectivity index (χ0n) is 9.51. The van der Waals surface area contributed by atoms with Gasteiger partial charge >= 0.3 is 0 Å². The average molecular weight is 227 g/mol. The van der Waals surface area contributed by atoms with Crippen molar-refractivity contribution in [2.24, 2.45) is 5.73 Å². The van der Waals surface area contributed by atoms with Gasteiger partial charge in [-0.15, -0.1) is 5.10 Å². The van der Waals surface area contributed by atoms with Crippen LogP contribution in [0.25, 0.3) is 0 Å². The van der Waals surface area contributed by atoms with Gasteiger partial charge in [0.1, 0.15) is 5.69 Å². The van der Waals surface area contributed by atoms with Gasteiger partial charge in [-0.2, -0.15) is 0 Å². The van der Waals surface area contributed by atoms with Crippen LogP contribution in [0.5, 0.6) is 0 Å². The van der Waals surface area contributed by atoms with Gasteiger partial charge < -0.3 is 15.8 Å². The van der Waals surface area contributed by atoms with Crippen molar-refractivity contribution in [1.29, 1.82) is 0 Å². The minimum absolute atomic E-state index is 0.0190. The zero-order valence-corrected chi connectivity index (χ0v) is 9.51. The van der Waals surface area contributed by atoms with E-state index >= 15 is 0 Å². The molecule has 1 unspecified atom stereocenters. The van der Waals surface area contributed by atoms with E-state index < -0.39 is 0 Å². The number of rotatable bonds is 6. The number of aromatic nitrogens is 3. The summed E-state index contributed by atoms with van der Waals surface area (Å²) in [7, 11) is 1.64. The largest absolute Gasteiger partial charge is 0.380 e. The van der Waals surface area contributed by atoms with Crippen LogP contribution in [0, 0.1) is 0 Å². The van der Waals surface area contributed by atoms with Gasteiger partial charge in [0.15, 0.2) is 0 Å². The molecule has 1 rings (SSSR count). The van der Waals surface area contributed by atoms with E-state index in [1.165, 1.54) is 0 Å². The summed E-state index contributed by atoms with van der Waals surface area (Å²) in [4.78, 5) is 10.9. The first-order chi connectivity index (χ1) is 7.65. The van der Waals surface area contributed by atoms with E-state index in [4.69, 9.17) is 10.5 Å². The number of ether oxygens (including phenoxy) is 1. The molecule has 1 amide bonds. The molecule has 0 bridgehead atoms. The first-order valence-corrected chi connectivity index (χ1v) is 5.04. The third-order valence-electron chi connectivity index (χ3n) is 2.08. The third-order valence-corrected chi connectivity index (χ3v) is 2.08. The Balaban J connectivity index is 2.42. The Labute approximate surface area is 93.9 Å². The Hall–Kier alpha value is -1.47. The summed E-state index contributed by atoms with van der Waals surface area (Å²) < 4.78 is 6.78. The fourth-order valence-corrected chi connectivity index (χ4v) is 1.11. The van der Waals surface area contributed by atoms with Crippen molar-refractivity contribution < 1.29 is 9.53 Å². The van der Waals surface area contributed by atoms with Gasteiger partial charge in [-0.05, 0) is 6.92 Å². The quantitative estimate of drug-likeness (QED) is 0.642. The van der Waals surface area contributed by atoms with Crippen LogP contribution in [-0.4, -0.2) is 40.7 Å². The average Bonchev–Trinajstić information content (AvgIpc) is 2.73. The van der Waals surface area contributed by atoms with Gasteiger partial charge in [-0.1, -0.05) is 5.21 Å². The van der Waals surface area contributed by atoms with Gasteiger partial charge in [0, 0.05) is 7.11 Å². The van der Waals surface area contributed by atoms with Crippen LogP contribution in [0.15, 0.2) is 6.20 Å². The molecule has 1 heterocycles. The second-order valence-corrected chi connectivity index (χ2v) is 3.46. The molecule has 90 valence electrons. The van der Waals surface area contributed by atoms with Crippen molar-refractivity contribution in [1.82, 2.24) is 20.3 Å². The fraction of sp³-hybridized carbons (Fsp3) is 0.667. The number of carbonyl (C=O) groups excluding carboxylic acids is 1. The predicted molar refractivity (Wildman–Crippen MR) is 57.4 cm³/mol. The molecule has 0 aliphatic rings. The molecular weight excluding hydrogens is 210 g/mol. The number of hydrogen-bond acceptors (Lipinski definition) is 5. The van der Waals surface area contributed by atoms with Gasteiger partial charge in [-0.25, -0.2) is 4.68 Å². The molecular formula is C9H17N5O2. The van der Waals surface area contributed by atoms with Gasteiger partial charge in [0.2, 0.25) is 5.91 Å². The molecule has 0 aliphatic carbocycles. The van der Waals surface area contributed by atoms with Crippen LogP contribution in [0.2, 0.25) is 0 Å². The minimum atomic E-state index is -0.209. The second kappa shape index (κ2) is 6.19. The van der Waals surface area contributed by atoms with Crippen molar-refractivity contribution in [2.45, 2.75) is 26.1 Å². The minimum Gasteiger partial charge on any atom is -0.380 e. The highest BCUT2D eigenvalue weighted by molar-refractivity contribution is 5.77. The number of methoxy groups -OCH3 is 1. The van der Waals surface area contributed by atoms with E-state index in [0.29, 0.717) is 18.8 Å². The van der Waals surface area contributed by atoms with E-state index in [0.717, 1.165) is 0 Å². The molecule has 0 saturated heterocycles. The van der Waals surface area contributed by atoms with E-state index in [-0.39, 0.29) is 18.6 Å². The fourth-order valence-electron chi connectivity index (χ4n) is 1.11. The zero-order chi connectivity index (χ0) is 12.0. The highest BCUT2D eigenvalue weighted by Gasteiger charge is 2.05. The molecule has 1 aromatic heterocycles. The molecule has 0 spiro atoms. The summed E-state index contributed by atoms with van der Waals surface area (Å²) >= 11 is 0. The van der Waals surface area contributed by atoms with Crippen molar-refractivity contribution in [3.8, 4) is 0 Å². The molecule has 16 heavy (non-hydrogen) atoms. The maximum absolute atomic E-state index is 10.9. The first kappa shape index (κ1) is 12.6. The van der Waals surface area contributed by atoms with Crippen LogP contribution in [-0.2, 0) is 22.6 Å². The van der Waals surface area contributed by atoms with Crippen LogP contribution < -0.4 is 11.1 Å². The van der Waals surface area contributed by atoms with Crippen LogP contribution in [0.3, 0.4) is 0 Å². The molecule has 7 nitrogen and oxygen atoms in total. The van der Waals surface area contributed by atoms with Crippen LogP contribution >= 0.6 is 0 Å². The molecule has 1 atom stereocenters. The number of hydrogen-bond donors (Lipinski definition) is 2. The van der Waals surface area contributed by atoms with Crippen molar-refractivity contribution in [3.05, 3.63) is 11.9 Å². The van der Waals surface area contributed by atoms with E-state index in [2.05, 4.69) is 15.6 Å². The highest BCUT2D eigenvalue weighted by atomic mass is 16.5. The Kier molecular flexibility index (Phi) is 4.87. The number of carbonyl (C=O) groups is 1. The third kappa shape index (κ3) is 3.95. The second-order valence-electron chi connectivity index (χ2n) is 3.46. The lowest BCUT2D eigenvalue weighted by Gasteiger charge is -2.07. The molecule has 0 saturated carbocycles. The number of nitrogens with two attached hydrogens (primary N) is 1. The van der Waals surface area contributed by atoms with Crippen molar-refractivity contribution >= 4 is 5.91 Å². The SMILES string of the molecule is COC(C)Cn1cc(CNC(=O)CN)nn1. The Bertz CT molecular complexity index is 338. The molecule has 7 heteroatoms. The van der Waals surface area contributed by atoms with E-state index in [1.54, 1.807) is 18.0 Å². The first-order valence-electron chi connectivity index (χ1n) is 5.04. The monoisotopic (exact) mass is 227 g/mol. The summed E-state index contributed by atoms with van der Waals surface area (Å²) in [5.74, 6) is -0.209. The lowest BCUT2D eigenvalue weighted by Crippen LogP contribution is -2.29. The maximum atomic E-state index is 10.9. The highest BCUT2D eigenvalue weighted by Crippen LogP contribution is 1.96. The summed E-state index contributed by atoms with van der Waals surface area (Å²) in [5, 5.41) is 10.4. The van der Waals surface area contributed by atoms with Crippen LogP contribution in [0.4, 0.5) is 0 Å². The Morgan fingerprint density at radius 3 is 3.12 bits per heavy atom. The Morgan fingerprint density at radius 1 is 1.75 bits per heavy atom.